The average Bonchev–Trinajstić information content (AvgIpc) is 2.63. The Morgan fingerprint density at radius 3 is 2.86 bits per heavy atom. The minimum absolute atomic E-state index is 0.336. The highest BCUT2D eigenvalue weighted by Gasteiger charge is 2.22. The van der Waals surface area contributed by atoms with E-state index < -0.39 is 0 Å². The molecule has 2 nitrogen and oxygen atoms in total. The van der Waals surface area contributed by atoms with Crippen molar-refractivity contribution in [1.82, 2.24) is 0 Å². The number of rotatable bonds is 3. The molecule has 0 spiro atoms. The molecule has 1 atom stereocenters. The van der Waals surface area contributed by atoms with Gasteiger partial charge in [-0.1, -0.05) is 30.0 Å². The lowest BCUT2D eigenvalue weighted by Gasteiger charge is -2.08. The summed E-state index contributed by atoms with van der Waals surface area (Å²) >= 11 is 6.48. The molecule has 2 rings (SSSR count). The number of thioether (sulfide) groups is 1. The summed E-state index contributed by atoms with van der Waals surface area (Å²) in [4.78, 5) is 0. The molecule has 0 saturated carbocycles. The maximum atomic E-state index is 5.58. The van der Waals surface area contributed by atoms with Gasteiger partial charge in [0.25, 0.3) is 0 Å². The summed E-state index contributed by atoms with van der Waals surface area (Å²) in [6.45, 7) is 1.31. The summed E-state index contributed by atoms with van der Waals surface area (Å²) in [5.74, 6) is 0.894. The number of para-hydroxylation sites is 1. The fourth-order valence-electron chi connectivity index (χ4n) is 1.15. The Kier molecular flexibility index (Phi) is 3.26. The molecule has 0 amide bonds. The summed E-state index contributed by atoms with van der Waals surface area (Å²) in [5.41, 5.74) is 0. The Labute approximate surface area is 92.6 Å². The van der Waals surface area contributed by atoms with Crippen LogP contribution in [0.5, 0.6) is 5.75 Å². The van der Waals surface area contributed by atoms with E-state index in [0.717, 1.165) is 5.75 Å². The van der Waals surface area contributed by atoms with Gasteiger partial charge >= 0.3 is 0 Å². The van der Waals surface area contributed by atoms with Gasteiger partial charge in [0, 0.05) is 0 Å². The molecule has 1 aromatic rings. The first-order valence-corrected chi connectivity index (χ1v) is 5.64. The van der Waals surface area contributed by atoms with Gasteiger partial charge in [-0.3, -0.25) is 0 Å². The number of ether oxygens (including phenoxy) is 2. The molecule has 1 aliphatic rings. The fourth-order valence-corrected chi connectivity index (χ4v) is 2.31. The Morgan fingerprint density at radius 2 is 2.21 bits per heavy atom. The summed E-state index contributed by atoms with van der Waals surface area (Å²) in [6.07, 6.45) is 0. The minimum Gasteiger partial charge on any atom is -0.492 e. The SMILES string of the molecule is S=C1OCC(COc2ccccc2)S1. The molecule has 0 N–H and O–H groups in total. The molecule has 1 aliphatic heterocycles. The van der Waals surface area contributed by atoms with E-state index in [9.17, 15) is 0 Å². The van der Waals surface area contributed by atoms with Crippen LogP contribution < -0.4 is 4.74 Å². The lowest BCUT2D eigenvalue weighted by atomic mass is 10.3. The van der Waals surface area contributed by atoms with Crippen LogP contribution >= 0.6 is 24.0 Å². The van der Waals surface area contributed by atoms with Crippen molar-refractivity contribution < 1.29 is 9.47 Å². The smallest absolute Gasteiger partial charge is 0.220 e. The first kappa shape index (κ1) is 9.80. The van der Waals surface area contributed by atoms with E-state index in [-0.39, 0.29) is 0 Å². The topological polar surface area (TPSA) is 18.5 Å². The first-order chi connectivity index (χ1) is 6.84. The van der Waals surface area contributed by atoms with Crippen molar-refractivity contribution in [2.75, 3.05) is 13.2 Å². The third-order valence-corrected chi connectivity index (χ3v) is 3.15. The maximum absolute atomic E-state index is 5.58. The van der Waals surface area contributed by atoms with Crippen LogP contribution in [0.2, 0.25) is 0 Å². The Morgan fingerprint density at radius 1 is 1.43 bits per heavy atom. The molecule has 1 fully saturated rings. The predicted octanol–water partition coefficient (Wildman–Crippen LogP) is 2.48. The summed E-state index contributed by atoms with van der Waals surface area (Å²) in [5, 5.41) is 0.336. The monoisotopic (exact) mass is 226 g/mol. The van der Waals surface area contributed by atoms with Crippen LogP contribution in [0.4, 0.5) is 0 Å². The Hall–Kier alpha value is -0.740. The van der Waals surface area contributed by atoms with Crippen LogP contribution in [0.25, 0.3) is 0 Å². The Balaban J connectivity index is 1.80. The zero-order chi connectivity index (χ0) is 9.80. The molecule has 0 aromatic heterocycles. The van der Waals surface area contributed by atoms with Crippen LogP contribution in [0, 0.1) is 0 Å². The number of benzene rings is 1. The maximum Gasteiger partial charge on any atom is 0.220 e. The summed E-state index contributed by atoms with van der Waals surface area (Å²) in [7, 11) is 0. The highest BCUT2D eigenvalue weighted by Crippen LogP contribution is 2.23. The predicted molar refractivity (Wildman–Crippen MR) is 61.9 cm³/mol. The van der Waals surface area contributed by atoms with Gasteiger partial charge < -0.3 is 9.47 Å². The molecule has 0 aliphatic carbocycles. The van der Waals surface area contributed by atoms with Crippen LogP contribution in [0.3, 0.4) is 0 Å². The molecule has 1 heterocycles. The van der Waals surface area contributed by atoms with Gasteiger partial charge in [0.2, 0.25) is 4.38 Å². The third-order valence-electron chi connectivity index (χ3n) is 1.83. The highest BCUT2D eigenvalue weighted by atomic mass is 32.2. The number of hydrogen-bond donors (Lipinski definition) is 0. The molecule has 0 bridgehead atoms. The summed E-state index contributed by atoms with van der Waals surface area (Å²) < 4.78 is 11.4. The molecule has 1 saturated heterocycles. The van der Waals surface area contributed by atoms with Crippen LogP contribution in [0.15, 0.2) is 30.3 Å². The molecule has 14 heavy (non-hydrogen) atoms. The van der Waals surface area contributed by atoms with Gasteiger partial charge in [-0.05, 0) is 24.4 Å². The van der Waals surface area contributed by atoms with Crippen molar-refractivity contribution in [3.05, 3.63) is 30.3 Å². The van der Waals surface area contributed by atoms with E-state index in [1.807, 2.05) is 30.3 Å². The normalized spacial score (nSPS) is 20.6. The second kappa shape index (κ2) is 4.66. The molecular formula is C10H10O2S2. The standard InChI is InChI=1S/C10H10O2S2/c13-10-12-7-9(14-10)6-11-8-4-2-1-3-5-8/h1-5,9H,6-7H2. The summed E-state index contributed by atoms with van der Waals surface area (Å²) in [6, 6.07) is 9.77. The molecule has 1 aromatic carbocycles. The van der Waals surface area contributed by atoms with Crippen molar-refractivity contribution in [1.29, 1.82) is 0 Å². The van der Waals surface area contributed by atoms with Crippen molar-refractivity contribution in [3.63, 3.8) is 0 Å². The zero-order valence-electron chi connectivity index (χ0n) is 7.51. The van der Waals surface area contributed by atoms with Crippen LogP contribution in [-0.4, -0.2) is 22.8 Å². The van der Waals surface area contributed by atoms with E-state index >= 15 is 0 Å². The third kappa shape index (κ3) is 2.62. The second-order valence-corrected chi connectivity index (χ2v) is 4.83. The fraction of sp³-hybridized carbons (Fsp3) is 0.300. The van der Waals surface area contributed by atoms with Gasteiger partial charge in [0.05, 0.1) is 5.25 Å². The average molecular weight is 226 g/mol. The minimum atomic E-state index is 0.336. The van der Waals surface area contributed by atoms with Gasteiger partial charge in [-0.25, -0.2) is 0 Å². The van der Waals surface area contributed by atoms with Crippen LogP contribution in [0.1, 0.15) is 0 Å². The lowest BCUT2D eigenvalue weighted by molar-refractivity contribution is 0.265. The highest BCUT2D eigenvalue weighted by molar-refractivity contribution is 8.23. The van der Waals surface area contributed by atoms with Crippen molar-refractivity contribution in [2.45, 2.75) is 5.25 Å². The van der Waals surface area contributed by atoms with E-state index in [1.165, 1.54) is 0 Å². The van der Waals surface area contributed by atoms with Crippen molar-refractivity contribution in [2.24, 2.45) is 0 Å². The molecule has 4 heteroatoms. The largest absolute Gasteiger partial charge is 0.492 e. The lowest BCUT2D eigenvalue weighted by Crippen LogP contribution is -2.14. The van der Waals surface area contributed by atoms with E-state index in [0.29, 0.717) is 22.8 Å². The second-order valence-electron chi connectivity index (χ2n) is 2.92. The molecular weight excluding hydrogens is 216 g/mol. The van der Waals surface area contributed by atoms with Crippen LogP contribution in [-0.2, 0) is 4.74 Å². The Bertz CT molecular complexity index is 313. The van der Waals surface area contributed by atoms with E-state index in [1.54, 1.807) is 11.8 Å². The molecule has 1 unspecified atom stereocenters. The first-order valence-electron chi connectivity index (χ1n) is 4.36. The molecule has 0 radical (unpaired) electrons. The zero-order valence-corrected chi connectivity index (χ0v) is 9.14. The molecule has 74 valence electrons. The number of hydrogen-bond acceptors (Lipinski definition) is 4. The van der Waals surface area contributed by atoms with Crippen molar-refractivity contribution >= 4 is 28.4 Å². The van der Waals surface area contributed by atoms with Gasteiger partial charge in [0.15, 0.2) is 0 Å². The van der Waals surface area contributed by atoms with Crippen molar-refractivity contribution in [3.8, 4) is 5.75 Å². The van der Waals surface area contributed by atoms with Gasteiger partial charge in [-0.15, -0.1) is 0 Å². The van der Waals surface area contributed by atoms with E-state index in [4.69, 9.17) is 21.7 Å². The van der Waals surface area contributed by atoms with E-state index in [2.05, 4.69) is 0 Å². The van der Waals surface area contributed by atoms with Gasteiger partial charge in [-0.2, -0.15) is 0 Å². The quantitative estimate of drug-likeness (QED) is 0.737. The van der Waals surface area contributed by atoms with Gasteiger partial charge in [0.1, 0.15) is 19.0 Å². The number of thiocarbonyl (C=S) groups is 1.